The minimum absolute atomic E-state index is 0.431. The second-order valence-electron chi connectivity index (χ2n) is 4.57. The Morgan fingerprint density at radius 1 is 0.789 bits per heavy atom. The number of thioether (sulfide) groups is 1. The zero-order valence-corrected chi connectivity index (χ0v) is 12.0. The first-order valence-corrected chi connectivity index (χ1v) is 7.88. The average Bonchev–Trinajstić information content (AvgIpc) is 2.49. The van der Waals surface area contributed by atoms with E-state index in [1.165, 1.54) is 17.5 Å². The fourth-order valence-electron chi connectivity index (χ4n) is 2.09. The lowest BCUT2D eigenvalue weighted by atomic mass is 10.0. The summed E-state index contributed by atoms with van der Waals surface area (Å²) in [5, 5.41) is 0.431. The second kappa shape index (κ2) is 8.03. The molecule has 2 aromatic rings. The SMILES string of the molecule is NCCCCSC(c1ccccc1)c1ccccc1. The van der Waals surface area contributed by atoms with Crippen LogP contribution in [0.25, 0.3) is 0 Å². The van der Waals surface area contributed by atoms with E-state index in [-0.39, 0.29) is 0 Å². The molecule has 0 radical (unpaired) electrons. The minimum atomic E-state index is 0.431. The average molecular weight is 271 g/mol. The topological polar surface area (TPSA) is 26.0 Å². The molecule has 0 atom stereocenters. The third-order valence-corrected chi connectivity index (χ3v) is 4.49. The van der Waals surface area contributed by atoms with Gasteiger partial charge in [0.25, 0.3) is 0 Å². The highest BCUT2D eigenvalue weighted by atomic mass is 32.2. The Kier molecular flexibility index (Phi) is 5.99. The maximum absolute atomic E-state index is 5.56. The molecule has 0 spiro atoms. The maximum Gasteiger partial charge on any atom is 0.0546 e. The summed E-state index contributed by atoms with van der Waals surface area (Å²) in [5.41, 5.74) is 8.32. The van der Waals surface area contributed by atoms with Gasteiger partial charge in [-0.3, -0.25) is 0 Å². The van der Waals surface area contributed by atoms with Gasteiger partial charge in [-0.25, -0.2) is 0 Å². The molecular weight excluding hydrogens is 250 g/mol. The molecule has 2 N–H and O–H groups in total. The lowest BCUT2D eigenvalue weighted by molar-refractivity contribution is 0.813. The summed E-state index contributed by atoms with van der Waals surface area (Å²) in [4.78, 5) is 0. The largest absolute Gasteiger partial charge is 0.330 e. The third kappa shape index (κ3) is 4.41. The van der Waals surface area contributed by atoms with Gasteiger partial charge in [0, 0.05) is 0 Å². The van der Waals surface area contributed by atoms with Gasteiger partial charge in [0.1, 0.15) is 0 Å². The van der Waals surface area contributed by atoms with Crippen molar-refractivity contribution in [3.63, 3.8) is 0 Å². The van der Waals surface area contributed by atoms with Crippen LogP contribution in [0.1, 0.15) is 29.2 Å². The fourth-order valence-corrected chi connectivity index (χ4v) is 3.39. The molecule has 2 aromatic carbocycles. The van der Waals surface area contributed by atoms with E-state index < -0.39 is 0 Å². The first-order chi connectivity index (χ1) is 9.42. The summed E-state index contributed by atoms with van der Waals surface area (Å²) < 4.78 is 0. The van der Waals surface area contributed by atoms with E-state index in [1.54, 1.807) is 0 Å². The van der Waals surface area contributed by atoms with Crippen LogP contribution in [0.4, 0.5) is 0 Å². The fraction of sp³-hybridized carbons (Fsp3) is 0.294. The predicted molar refractivity (Wildman–Crippen MR) is 85.5 cm³/mol. The van der Waals surface area contributed by atoms with Crippen LogP contribution in [-0.2, 0) is 0 Å². The van der Waals surface area contributed by atoms with Crippen LogP contribution in [0.15, 0.2) is 60.7 Å². The van der Waals surface area contributed by atoms with Crippen LogP contribution >= 0.6 is 11.8 Å². The minimum Gasteiger partial charge on any atom is -0.330 e. The number of rotatable bonds is 7. The quantitative estimate of drug-likeness (QED) is 0.762. The predicted octanol–water partition coefficient (Wildman–Crippen LogP) is 4.25. The van der Waals surface area contributed by atoms with Gasteiger partial charge >= 0.3 is 0 Å². The van der Waals surface area contributed by atoms with E-state index in [0.29, 0.717) is 5.25 Å². The van der Waals surface area contributed by atoms with Gasteiger partial charge in [0.05, 0.1) is 5.25 Å². The zero-order chi connectivity index (χ0) is 13.3. The Labute approximate surface area is 120 Å². The van der Waals surface area contributed by atoms with Crippen molar-refractivity contribution in [2.24, 2.45) is 5.73 Å². The molecule has 0 saturated heterocycles. The molecule has 0 aromatic heterocycles. The highest BCUT2D eigenvalue weighted by Gasteiger charge is 2.13. The summed E-state index contributed by atoms with van der Waals surface area (Å²) in [5.74, 6) is 1.16. The Morgan fingerprint density at radius 2 is 1.32 bits per heavy atom. The molecule has 0 aliphatic carbocycles. The second-order valence-corrected chi connectivity index (χ2v) is 5.78. The smallest absolute Gasteiger partial charge is 0.0546 e. The van der Waals surface area contributed by atoms with Crippen molar-refractivity contribution in [3.8, 4) is 0 Å². The van der Waals surface area contributed by atoms with Gasteiger partial charge in [-0.15, -0.1) is 11.8 Å². The summed E-state index contributed by atoms with van der Waals surface area (Å²) in [6, 6.07) is 21.5. The molecule has 0 aliphatic rings. The normalized spacial score (nSPS) is 10.8. The lowest BCUT2D eigenvalue weighted by Crippen LogP contribution is -2.01. The van der Waals surface area contributed by atoms with Crippen LogP contribution in [0.3, 0.4) is 0 Å². The van der Waals surface area contributed by atoms with Crippen LogP contribution in [-0.4, -0.2) is 12.3 Å². The highest BCUT2D eigenvalue weighted by Crippen LogP contribution is 2.35. The molecule has 0 saturated carbocycles. The molecule has 100 valence electrons. The van der Waals surface area contributed by atoms with Crippen molar-refractivity contribution in [1.82, 2.24) is 0 Å². The summed E-state index contributed by atoms with van der Waals surface area (Å²) in [6.07, 6.45) is 2.31. The van der Waals surface area contributed by atoms with Gasteiger partial charge in [0.2, 0.25) is 0 Å². The van der Waals surface area contributed by atoms with Crippen molar-refractivity contribution in [2.45, 2.75) is 18.1 Å². The van der Waals surface area contributed by atoms with Crippen LogP contribution in [0.2, 0.25) is 0 Å². The number of unbranched alkanes of at least 4 members (excludes halogenated alkanes) is 1. The molecule has 0 unspecified atom stereocenters. The van der Waals surface area contributed by atoms with Gasteiger partial charge in [-0.1, -0.05) is 60.7 Å². The molecule has 2 heteroatoms. The summed E-state index contributed by atoms with van der Waals surface area (Å²) >= 11 is 2.01. The van der Waals surface area contributed by atoms with Gasteiger partial charge < -0.3 is 5.73 Å². The van der Waals surface area contributed by atoms with E-state index in [4.69, 9.17) is 5.73 Å². The van der Waals surface area contributed by atoms with Crippen LogP contribution < -0.4 is 5.73 Å². The Morgan fingerprint density at radius 3 is 1.79 bits per heavy atom. The van der Waals surface area contributed by atoms with Crippen LogP contribution in [0.5, 0.6) is 0 Å². The molecule has 0 heterocycles. The molecule has 0 fully saturated rings. The number of benzene rings is 2. The lowest BCUT2D eigenvalue weighted by Gasteiger charge is -2.17. The monoisotopic (exact) mass is 271 g/mol. The standard InChI is InChI=1S/C17H21NS/c18-13-7-8-14-19-17(15-9-3-1-4-10-15)16-11-5-2-6-12-16/h1-6,9-12,17H,7-8,13-14,18H2. The van der Waals surface area contributed by atoms with Crippen molar-refractivity contribution in [3.05, 3.63) is 71.8 Å². The summed E-state index contributed by atoms with van der Waals surface area (Å²) in [7, 11) is 0. The molecule has 0 aliphatic heterocycles. The Balaban J connectivity index is 2.10. The van der Waals surface area contributed by atoms with Crippen molar-refractivity contribution < 1.29 is 0 Å². The molecular formula is C17H21NS. The van der Waals surface area contributed by atoms with E-state index in [1.807, 2.05) is 11.8 Å². The van der Waals surface area contributed by atoms with Crippen molar-refractivity contribution >= 4 is 11.8 Å². The third-order valence-electron chi connectivity index (χ3n) is 3.09. The van der Waals surface area contributed by atoms with Gasteiger partial charge in [0.15, 0.2) is 0 Å². The zero-order valence-electron chi connectivity index (χ0n) is 11.2. The summed E-state index contributed by atoms with van der Waals surface area (Å²) in [6.45, 7) is 0.794. The molecule has 1 nitrogen and oxygen atoms in total. The molecule has 2 rings (SSSR count). The van der Waals surface area contributed by atoms with E-state index in [9.17, 15) is 0 Å². The Hall–Kier alpha value is -1.25. The van der Waals surface area contributed by atoms with Gasteiger partial charge in [-0.05, 0) is 36.3 Å². The van der Waals surface area contributed by atoms with Crippen molar-refractivity contribution in [1.29, 1.82) is 0 Å². The van der Waals surface area contributed by atoms with E-state index in [0.717, 1.165) is 18.7 Å². The molecule has 0 bridgehead atoms. The van der Waals surface area contributed by atoms with Crippen molar-refractivity contribution in [2.75, 3.05) is 12.3 Å². The number of nitrogens with two attached hydrogens (primary N) is 1. The van der Waals surface area contributed by atoms with Crippen LogP contribution in [0, 0.1) is 0 Å². The van der Waals surface area contributed by atoms with E-state index in [2.05, 4.69) is 60.7 Å². The number of hydrogen-bond acceptors (Lipinski definition) is 2. The highest BCUT2D eigenvalue weighted by molar-refractivity contribution is 7.99. The Bertz CT molecular complexity index is 416. The molecule has 19 heavy (non-hydrogen) atoms. The van der Waals surface area contributed by atoms with Gasteiger partial charge in [-0.2, -0.15) is 0 Å². The maximum atomic E-state index is 5.56. The first kappa shape index (κ1) is 14.2. The molecule has 0 amide bonds. The van der Waals surface area contributed by atoms with E-state index >= 15 is 0 Å². The first-order valence-electron chi connectivity index (χ1n) is 6.83. The number of hydrogen-bond donors (Lipinski definition) is 1.